The molecule has 2 heterocycles. The van der Waals surface area contributed by atoms with Gasteiger partial charge in [0.1, 0.15) is 4.88 Å². The Bertz CT molecular complexity index is 832. The van der Waals surface area contributed by atoms with Crippen LogP contribution in [0.1, 0.15) is 20.2 Å². The third kappa shape index (κ3) is 3.18. The van der Waals surface area contributed by atoms with Gasteiger partial charge in [-0.2, -0.15) is 13.2 Å². The molecule has 0 saturated carbocycles. The van der Waals surface area contributed by atoms with Crippen molar-refractivity contribution in [3.63, 3.8) is 0 Å². The van der Waals surface area contributed by atoms with Crippen LogP contribution >= 0.6 is 11.3 Å². The quantitative estimate of drug-likeness (QED) is 0.866. The number of nitrogens with zero attached hydrogens (tertiary/aromatic N) is 1. The van der Waals surface area contributed by atoms with E-state index >= 15 is 0 Å². The number of aromatic nitrogens is 1. The van der Waals surface area contributed by atoms with Crippen LogP contribution in [0.3, 0.4) is 0 Å². The number of amides is 2. The summed E-state index contributed by atoms with van der Waals surface area (Å²) in [6.45, 7) is 1.35. The lowest BCUT2D eigenvalue weighted by molar-refractivity contribution is -0.137. The van der Waals surface area contributed by atoms with Gasteiger partial charge in [0.15, 0.2) is 12.4 Å². The number of carbonyl (C=O) groups is 2. The van der Waals surface area contributed by atoms with Gasteiger partial charge in [-0.05, 0) is 19.1 Å². The third-order valence-electron chi connectivity index (χ3n) is 3.13. The van der Waals surface area contributed by atoms with E-state index in [4.69, 9.17) is 4.74 Å². The summed E-state index contributed by atoms with van der Waals surface area (Å²) in [7, 11) is 0. The number of thiazole rings is 1. The van der Waals surface area contributed by atoms with Gasteiger partial charge in [0, 0.05) is 0 Å². The number of alkyl halides is 3. The van der Waals surface area contributed by atoms with Gasteiger partial charge in [-0.15, -0.1) is 11.3 Å². The van der Waals surface area contributed by atoms with Gasteiger partial charge >= 0.3 is 6.18 Å². The third-order valence-corrected chi connectivity index (χ3v) is 4.04. The Morgan fingerprint density at radius 3 is 2.79 bits per heavy atom. The molecule has 0 atom stereocenters. The average molecular weight is 357 g/mol. The van der Waals surface area contributed by atoms with Gasteiger partial charge in [-0.25, -0.2) is 4.98 Å². The number of hydrogen-bond acceptors (Lipinski definition) is 5. The number of aryl methyl sites for hydroxylation is 1. The second-order valence-electron chi connectivity index (χ2n) is 4.93. The second kappa shape index (κ2) is 5.78. The topological polar surface area (TPSA) is 80.3 Å². The Morgan fingerprint density at radius 2 is 2.17 bits per heavy atom. The zero-order valence-corrected chi connectivity index (χ0v) is 13.0. The van der Waals surface area contributed by atoms with Gasteiger partial charge in [-0.3, -0.25) is 9.59 Å². The molecule has 24 heavy (non-hydrogen) atoms. The van der Waals surface area contributed by atoms with Gasteiger partial charge < -0.3 is 15.4 Å². The van der Waals surface area contributed by atoms with E-state index in [1.54, 1.807) is 6.92 Å². The van der Waals surface area contributed by atoms with E-state index in [-0.39, 0.29) is 28.6 Å². The van der Waals surface area contributed by atoms with Gasteiger partial charge in [0.05, 0.1) is 28.1 Å². The van der Waals surface area contributed by atoms with Gasteiger partial charge in [0.25, 0.3) is 11.8 Å². The molecule has 0 saturated heterocycles. The van der Waals surface area contributed by atoms with Gasteiger partial charge in [-0.1, -0.05) is 0 Å². The fourth-order valence-corrected chi connectivity index (χ4v) is 2.78. The summed E-state index contributed by atoms with van der Waals surface area (Å²) in [4.78, 5) is 27.7. The molecule has 0 spiro atoms. The fourth-order valence-electron chi connectivity index (χ4n) is 2.11. The van der Waals surface area contributed by atoms with Crippen LogP contribution in [-0.4, -0.2) is 23.4 Å². The Kier molecular flexibility index (Phi) is 3.91. The zero-order valence-electron chi connectivity index (χ0n) is 12.2. The first-order chi connectivity index (χ1) is 11.2. The van der Waals surface area contributed by atoms with Crippen molar-refractivity contribution in [2.75, 3.05) is 17.2 Å². The summed E-state index contributed by atoms with van der Waals surface area (Å²) >= 11 is 1.11. The SMILES string of the molecule is Cc1ncc(C(=O)Nc2cc(C(F)(F)F)cc3c2OCC(=O)N3)s1. The van der Waals surface area contributed by atoms with E-state index in [2.05, 4.69) is 15.6 Å². The van der Waals surface area contributed by atoms with Crippen LogP contribution in [0.25, 0.3) is 0 Å². The fraction of sp³-hybridized carbons (Fsp3) is 0.214. The number of halogens is 3. The number of rotatable bonds is 2. The molecule has 2 amide bonds. The first-order valence-electron chi connectivity index (χ1n) is 6.65. The molecule has 1 aliphatic heterocycles. The van der Waals surface area contributed by atoms with Crippen LogP contribution in [0.4, 0.5) is 24.5 Å². The smallest absolute Gasteiger partial charge is 0.416 e. The normalized spacial score (nSPS) is 13.8. The Labute approximate surface area is 137 Å². The van der Waals surface area contributed by atoms with E-state index < -0.39 is 23.6 Å². The molecule has 2 N–H and O–H groups in total. The summed E-state index contributed by atoms with van der Waals surface area (Å²) in [6.07, 6.45) is -3.31. The van der Waals surface area contributed by atoms with Crippen molar-refractivity contribution in [1.29, 1.82) is 0 Å². The lowest BCUT2D eigenvalue weighted by Gasteiger charge is -2.22. The van der Waals surface area contributed by atoms with E-state index in [9.17, 15) is 22.8 Å². The van der Waals surface area contributed by atoms with Crippen LogP contribution in [0, 0.1) is 6.92 Å². The largest absolute Gasteiger partial charge is 0.479 e. The summed E-state index contributed by atoms with van der Waals surface area (Å²) in [5.74, 6) is -1.20. The van der Waals surface area contributed by atoms with Crippen LogP contribution in [0.5, 0.6) is 5.75 Å². The van der Waals surface area contributed by atoms with E-state index in [0.717, 1.165) is 23.5 Å². The minimum absolute atomic E-state index is 0.0165. The summed E-state index contributed by atoms with van der Waals surface area (Å²) < 4.78 is 44.2. The summed E-state index contributed by atoms with van der Waals surface area (Å²) in [5.41, 5.74) is -1.32. The number of anilines is 2. The number of carbonyl (C=O) groups excluding carboxylic acids is 2. The molecule has 0 fully saturated rings. The highest BCUT2D eigenvalue weighted by molar-refractivity contribution is 7.13. The molecule has 3 rings (SSSR count). The summed E-state index contributed by atoms with van der Waals surface area (Å²) in [6, 6.07) is 1.53. The highest BCUT2D eigenvalue weighted by Crippen LogP contribution is 2.42. The number of benzene rings is 1. The van der Waals surface area contributed by atoms with Crippen LogP contribution in [0.2, 0.25) is 0 Å². The molecule has 0 bridgehead atoms. The van der Waals surface area contributed by atoms with Crippen molar-refractivity contribution in [2.45, 2.75) is 13.1 Å². The number of nitrogens with one attached hydrogen (secondary N) is 2. The maximum Gasteiger partial charge on any atom is 0.416 e. The minimum Gasteiger partial charge on any atom is -0.479 e. The predicted molar refractivity (Wildman–Crippen MR) is 80.4 cm³/mol. The summed E-state index contributed by atoms with van der Waals surface area (Å²) in [5, 5.41) is 5.34. The van der Waals surface area contributed by atoms with Crippen molar-refractivity contribution in [2.24, 2.45) is 0 Å². The molecule has 0 aliphatic carbocycles. The Hall–Kier alpha value is -2.62. The van der Waals surface area contributed by atoms with Crippen molar-refractivity contribution in [3.05, 3.63) is 33.8 Å². The standard InChI is InChI=1S/C14H10F3N3O3S/c1-6-18-4-10(24-6)13(22)20-9-3-7(14(15,16)17)2-8-12(9)23-5-11(21)19-8/h2-4H,5H2,1H3,(H,19,21)(H,20,22). The molecule has 10 heteroatoms. The highest BCUT2D eigenvalue weighted by atomic mass is 32.1. The van der Waals surface area contributed by atoms with Crippen molar-refractivity contribution >= 4 is 34.5 Å². The molecule has 126 valence electrons. The molecular weight excluding hydrogens is 347 g/mol. The maximum atomic E-state index is 13.0. The molecule has 0 unspecified atom stereocenters. The van der Waals surface area contributed by atoms with Crippen LogP contribution in [0.15, 0.2) is 18.3 Å². The van der Waals surface area contributed by atoms with Crippen molar-refractivity contribution < 1.29 is 27.5 Å². The highest BCUT2D eigenvalue weighted by Gasteiger charge is 2.34. The molecule has 1 aromatic carbocycles. The monoisotopic (exact) mass is 357 g/mol. The van der Waals surface area contributed by atoms with E-state index in [1.165, 1.54) is 6.20 Å². The first-order valence-corrected chi connectivity index (χ1v) is 7.47. The Balaban J connectivity index is 2.00. The first kappa shape index (κ1) is 16.2. The minimum atomic E-state index is -4.64. The van der Waals surface area contributed by atoms with Crippen molar-refractivity contribution in [1.82, 2.24) is 4.98 Å². The average Bonchev–Trinajstić information content (AvgIpc) is 2.92. The maximum absolute atomic E-state index is 13.0. The number of hydrogen-bond donors (Lipinski definition) is 2. The molecule has 1 aromatic heterocycles. The number of fused-ring (bicyclic) bond motifs is 1. The molecule has 1 aliphatic rings. The lowest BCUT2D eigenvalue weighted by Crippen LogP contribution is -2.27. The zero-order chi connectivity index (χ0) is 17.5. The molecular formula is C14H10F3N3O3S. The van der Waals surface area contributed by atoms with Crippen LogP contribution in [-0.2, 0) is 11.0 Å². The second-order valence-corrected chi connectivity index (χ2v) is 6.17. The van der Waals surface area contributed by atoms with Crippen LogP contribution < -0.4 is 15.4 Å². The van der Waals surface area contributed by atoms with Crippen molar-refractivity contribution in [3.8, 4) is 5.75 Å². The van der Waals surface area contributed by atoms with Gasteiger partial charge in [0.2, 0.25) is 0 Å². The molecule has 6 nitrogen and oxygen atoms in total. The molecule has 2 aromatic rings. The lowest BCUT2D eigenvalue weighted by atomic mass is 10.1. The predicted octanol–water partition coefficient (Wildman–Crippen LogP) is 3.05. The Morgan fingerprint density at radius 1 is 1.42 bits per heavy atom. The van der Waals surface area contributed by atoms with E-state index in [0.29, 0.717) is 5.01 Å². The van der Waals surface area contributed by atoms with E-state index in [1.807, 2.05) is 0 Å². The molecule has 0 radical (unpaired) electrons. The number of ether oxygens (including phenoxy) is 1.